The van der Waals surface area contributed by atoms with Crippen molar-refractivity contribution in [3.63, 3.8) is 0 Å². The molecule has 3 rings (SSSR count). The Morgan fingerprint density at radius 3 is 2.91 bits per heavy atom. The molecule has 1 saturated heterocycles. The first-order valence-corrected chi connectivity index (χ1v) is 9.33. The number of halogens is 1. The van der Waals surface area contributed by atoms with Crippen molar-refractivity contribution in [2.45, 2.75) is 43.6 Å². The predicted molar refractivity (Wildman–Crippen MR) is 98.0 cm³/mol. The normalized spacial score (nSPS) is 22.9. The zero-order valence-electron chi connectivity index (χ0n) is 13.8. The summed E-state index contributed by atoms with van der Waals surface area (Å²) in [5.41, 5.74) is 1.69. The van der Waals surface area contributed by atoms with Crippen LogP contribution >= 0.6 is 15.9 Å². The van der Waals surface area contributed by atoms with Gasteiger partial charge in [-0.25, -0.2) is 0 Å². The lowest BCUT2D eigenvalue weighted by molar-refractivity contribution is 0.105. The molecule has 1 atom stereocenters. The molecule has 126 valence electrons. The zero-order chi connectivity index (χ0) is 16.1. The maximum Gasteiger partial charge on any atom is 0.191 e. The SMILES string of the molecule is CN=C(NCCC1CCCO1)NCC1(c2cccc(Br)c2)CC1. The Hall–Kier alpha value is -1.07. The first-order valence-electron chi connectivity index (χ1n) is 8.54. The fourth-order valence-corrected chi connectivity index (χ4v) is 3.63. The lowest BCUT2D eigenvalue weighted by Crippen LogP contribution is -2.42. The van der Waals surface area contributed by atoms with E-state index in [1.54, 1.807) is 0 Å². The van der Waals surface area contributed by atoms with Crippen molar-refractivity contribution in [3.8, 4) is 0 Å². The van der Waals surface area contributed by atoms with E-state index in [4.69, 9.17) is 4.74 Å². The van der Waals surface area contributed by atoms with E-state index in [0.717, 1.165) is 36.5 Å². The van der Waals surface area contributed by atoms with Crippen molar-refractivity contribution in [1.82, 2.24) is 10.6 Å². The monoisotopic (exact) mass is 379 g/mol. The Balaban J connectivity index is 1.46. The Morgan fingerprint density at radius 2 is 2.26 bits per heavy atom. The maximum absolute atomic E-state index is 5.66. The molecule has 0 bridgehead atoms. The third kappa shape index (κ3) is 4.48. The molecule has 23 heavy (non-hydrogen) atoms. The molecule has 2 N–H and O–H groups in total. The van der Waals surface area contributed by atoms with Crippen LogP contribution < -0.4 is 10.6 Å². The van der Waals surface area contributed by atoms with Crippen LogP contribution in [0.15, 0.2) is 33.7 Å². The largest absolute Gasteiger partial charge is 0.378 e. The van der Waals surface area contributed by atoms with Crippen molar-refractivity contribution >= 4 is 21.9 Å². The summed E-state index contributed by atoms with van der Waals surface area (Å²) in [5, 5.41) is 6.91. The van der Waals surface area contributed by atoms with E-state index in [9.17, 15) is 0 Å². The lowest BCUT2D eigenvalue weighted by Gasteiger charge is -2.20. The minimum Gasteiger partial charge on any atom is -0.378 e. The Kier molecular flexibility index (Phi) is 5.59. The van der Waals surface area contributed by atoms with Gasteiger partial charge in [0.2, 0.25) is 0 Å². The highest BCUT2D eigenvalue weighted by Gasteiger charge is 2.44. The summed E-state index contributed by atoms with van der Waals surface area (Å²) in [5.74, 6) is 0.893. The van der Waals surface area contributed by atoms with E-state index in [1.165, 1.54) is 31.2 Å². The lowest BCUT2D eigenvalue weighted by atomic mass is 9.96. The van der Waals surface area contributed by atoms with Crippen LogP contribution in [0, 0.1) is 0 Å². The minimum absolute atomic E-state index is 0.274. The highest BCUT2D eigenvalue weighted by Crippen LogP contribution is 2.48. The number of nitrogens with zero attached hydrogens (tertiary/aromatic N) is 1. The van der Waals surface area contributed by atoms with E-state index < -0.39 is 0 Å². The predicted octanol–water partition coefficient (Wildman–Crippen LogP) is 3.21. The first kappa shape index (κ1) is 16.8. The minimum atomic E-state index is 0.274. The van der Waals surface area contributed by atoms with Gasteiger partial charge in [-0.1, -0.05) is 28.1 Å². The van der Waals surface area contributed by atoms with E-state index in [1.807, 2.05) is 7.05 Å². The molecule has 1 aliphatic heterocycles. The number of rotatable bonds is 6. The summed E-state index contributed by atoms with van der Waals surface area (Å²) in [6, 6.07) is 8.67. The van der Waals surface area contributed by atoms with Crippen LogP contribution in [-0.4, -0.2) is 38.8 Å². The van der Waals surface area contributed by atoms with Crippen molar-refractivity contribution in [3.05, 3.63) is 34.3 Å². The second kappa shape index (κ2) is 7.67. The molecule has 2 aliphatic rings. The van der Waals surface area contributed by atoms with Crippen LogP contribution in [0.1, 0.15) is 37.7 Å². The van der Waals surface area contributed by atoms with Crippen LogP contribution in [0.3, 0.4) is 0 Å². The summed E-state index contributed by atoms with van der Waals surface area (Å²) in [7, 11) is 1.83. The van der Waals surface area contributed by atoms with Crippen molar-refractivity contribution in [2.24, 2.45) is 4.99 Å². The molecule has 1 aromatic carbocycles. The number of ether oxygens (including phenoxy) is 1. The molecule has 2 fully saturated rings. The van der Waals surface area contributed by atoms with Gasteiger partial charge in [0.05, 0.1) is 6.10 Å². The van der Waals surface area contributed by atoms with Crippen LogP contribution in [0.25, 0.3) is 0 Å². The van der Waals surface area contributed by atoms with Gasteiger partial charge in [-0.05, 0) is 49.8 Å². The molecule has 1 saturated carbocycles. The number of guanidine groups is 1. The molecule has 0 spiro atoms. The fourth-order valence-electron chi connectivity index (χ4n) is 3.23. The highest BCUT2D eigenvalue weighted by molar-refractivity contribution is 9.10. The Bertz CT molecular complexity index is 551. The van der Waals surface area contributed by atoms with E-state index in [2.05, 4.69) is 55.8 Å². The standard InChI is InChI=1S/C18H26BrN3O/c1-20-17(21-10-7-16-6-3-11-23-16)22-13-18(8-9-18)14-4-2-5-15(19)12-14/h2,4-5,12,16H,3,6-11,13H2,1H3,(H2,20,21,22). The average Bonchev–Trinajstić information content (AvgIpc) is 3.18. The van der Waals surface area contributed by atoms with E-state index in [-0.39, 0.29) is 5.41 Å². The first-order chi connectivity index (χ1) is 11.2. The summed E-state index contributed by atoms with van der Waals surface area (Å²) in [6.07, 6.45) is 6.36. The molecule has 1 aromatic rings. The number of hydrogen-bond donors (Lipinski definition) is 2. The zero-order valence-corrected chi connectivity index (χ0v) is 15.4. The van der Waals surface area contributed by atoms with Gasteiger partial charge in [-0.3, -0.25) is 4.99 Å². The van der Waals surface area contributed by atoms with Gasteiger partial charge in [0, 0.05) is 36.6 Å². The van der Waals surface area contributed by atoms with Gasteiger partial charge in [0.1, 0.15) is 0 Å². The van der Waals surface area contributed by atoms with Gasteiger partial charge in [0.15, 0.2) is 5.96 Å². The summed E-state index contributed by atoms with van der Waals surface area (Å²) < 4.78 is 6.81. The average molecular weight is 380 g/mol. The second-order valence-corrected chi connectivity index (χ2v) is 7.48. The number of aliphatic imine (C=N–C) groups is 1. The molecule has 1 aliphatic carbocycles. The highest BCUT2D eigenvalue weighted by atomic mass is 79.9. The van der Waals surface area contributed by atoms with Crippen molar-refractivity contribution in [2.75, 3.05) is 26.7 Å². The molecule has 0 amide bonds. The molecule has 4 nitrogen and oxygen atoms in total. The smallest absolute Gasteiger partial charge is 0.191 e. The molecular formula is C18H26BrN3O. The summed E-state index contributed by atoms with van der Waals surface area (Å²) in [6.45, 7) is 2.77. The molecule has 5 heteroatoms. The van der Waals surface area contributed by atoms with Crippen molar-refractivity contribution < 1.29 is 4.74 Å². The van der Waals surface area contributed by atoms with Crippen molar-refractivity contribution in [1.29, 1.82) is 0 Å². The van der Waals surface area contributed by atoms with Gasteiger partial charge in [0.25, 0.3) is 0 Å². The van der Waals surface area contributed by atoms with Gasteiger partial charge < -0.3 is 15.4 Å². The quantitative estimate of drug-likeness (QED) is 0.589. The van der Waals surface area contributed by atoms with Gasteiger partial charge in [-0.15, -0.1) is 0 Å². The van der Waals surface area contributed by atoms with Crippen LogP contribution in [0.4, 0.5) is 0 Å². The second-order valence-electron chi connectivity index (χ2n) is 6.57. The molecule has 1 unspecified atom stereocenters. The topological polar surface area (TPSA) is 45.7 Å². The number of hydrogen-bond acceptors (Lipinski definition) is 2. The van der Waals surface area contributed by atoms with Gasteiger partial charge >= 0.3 is 0 Å². The summed E-state index contributed by atoms with van der Waals surface area (Å²) in [4.78, 5) is 4.34. The Labute approximate surface area is 147 Å². The number of benzene rings is 1. The maximum atomic E-state index is 5.66. The fraction of sp³-hybridized carbons (Fsp3) is 0.611. The van der Waals surface area contributed by atoms with Gasteiger partial charge in [-0.2, -0.15) is 0 Å². The molecule has 0 aromatic heterocycles. The Morgan fingerprint density at radius 1 is 1.39 bits per heavy atom. The van der Waals surface area contributed by atoms with E-state index in [0.29, 0.717) is 6.10 Å². The molecular weight excluding hydrogens is 354 g/mol. The van der Waals surface area contributed by atoms with Crippen LogP contribution in [-0.2, 0) is 10.2 Å². The molecule has 0 radical (unpaired) electrons. The molecule has 1 heterocycles. The third-order valence-corrected chi connectivity index (χ3v) is 5.38. The van der Waals surface area contributed by atoms with E-state index >= 15 is 0 Å². The van der Waals surface area contributed by atoms with Crippen LogP contribution in [0.5, 0.6) is 0 Å². The van der Waals surface area contributed by atoms with Crippen LogP contribution in [0.2, 0.25) is 0 Å². The summed E-state index contributed by atoms with van der Waals surface area (Å²) >= 11 is 3.57. The number of nitrogens with one attached hydrogen (secondary N) is 2. The third-order valence-electron chi connectivity index (χ3n) is 4.89.